The maximum atomic E-state index is 13.2. The Morgan fingerprint density at radius 1 is 1.27 bits per heavy atom. The van der Waals surface area contributed by atoms with Crippen molar-refractivity contribution in [1.29, 1.82) is 0 Å². The zero-order valence-electron chi connectivity index (χ0n) is 13.7. The number of carbonyl (C=O) groups excluding carboxylic acids is 1. The third kappa shape index (κ3) is 2.01. The number of hydrogen-bond donors (Lipinski definition) is 2. The van der Waals surface area contributed by atoms with E-state index in [9.17, 15) is 9.59 Å². The molecule has 0 saturated heterocycles. The number of carbonyl (C=O) groups is 2. The fourth-order valence-electron chi connectivity index (χ4n) is 4.12. The van der Waals surface area contributed by atoms with Gasteiger partial charge in [-0.2, -0.15) is 5.10 Å². The molecule has 26 heavy (non-hydrogen) atoms. The molecule has 2 atom stereocenters. The second-order valence-corrected chi connectivity index (χ2v) is 6.55. The van der Waals surface area contributed by atoms with Gasteiger partial charge in [0.2, 0.25) is 0 Å². The summed E-state index contributed by atoms with van der Waals surface area (Å²) in [5, 5.41) is 15.2. The number of anilines is 1. The summed E-state index contributed by atoms with van der Waals surface area (Å²) in [6, 6.07) is 9.49. The van der Waals surface area contributed by atoms with Crippen molar-refractivity contribution in [3.8, 4) is 11.3 Å². The molecular weight excluding hydrogens is 334 g/mol. The van der Waals surface area contributed by atoms with Crippen molar-refractivity contribution in [2.75, 3.05) is 5.32 Å². The van der Waals surface area contributed by atoms with Crippen molar-refractivity contribution >= 4 is 17.7 Å². The lowest BCUT2D eigenvalue weighted by Crippen LogP contribution is -2.32. The molecule has 0 fully saturated rings. The topological polar surface area (TPSA) is 102 Å². The van der Waals surface area contributed by atoms with Gasteiger partial charge in [-0.15, -0.1) is 0 Å². The Morgan fingerprint density at radius 2 is 2.12 bits per heavy atom. The van der Waals surface area contributed by atoms with E-state index in [0.717, 1.165) is 16.8 Å². The van der Waals surface area contributed by atoms with Crippen LogP contribution in [0.15, 0.2) is 42.9 Å². The number of ketones is 1. The zero-order valence-corrected chi connectivity index (χ0v) is 13.7. The summed E-state index contributed by atoms with van der Waals surface area (Å²) in [6.07, 6.45) is 3.04. The van der Waals surface area contributed by atoms with Crippen molar-refractivity contribution in [2.24, 2.45) is 5.92 Å². The van der Waals surface area contributed by atoms with E-state index in [4.69, 9.17) is 5.11 Å². The van der Waals surface area contributed by atoms with E-state index in [1.165, 1.54) is 6.07 Å². The average Bonchev–Trinajstić information content (AvgIpc) is 3.29. The molecule has 3 aromatic rings. The van der Waals surface area contributed by atoms with E-state index >= 15 is 0 Å². The first-order valence-corrected chi connectivity index (χ1v) is 8.36. The third-order valence-corrected chi connectivity index (χ3v) is 5.16. The number of carboxylic acid groups (broad SMARTS) is 1. The van der Waals surface area contributed by atoms with Crippen molar-refractivity contribution in [3.05, 3.63) is 54.1 Å². The Kier molecular flexibility index (Phi) is 3.03. The summed E-state index contributed by atoms with van der Waals surface area (Å²) in [7, 11) is 0. The highest BCUT2D eigenvalue weighted by atomic mass is 16.4. The van der Waals surface area contributed by atoms with Gasteiger partial charge in [0, 0.05) is 18.2 Å². The predicted octanol–water partition coefficient (Wildman–Crippen LogP) is 2.64. The maximum absolute atomic E-state index is 13.2. The number of benzene rings is 1. The third-order valence-electron chi connectivity index (χ3n) is 5.16. The van der Waals surface area contributed by atoms with Gasteiger partial charge >= 0.3 is 6.09 Å². The van der Waals surface area contributed by atoms with Crippen LogP contribution in [0, 0.1) is 5.92 Å². The molecule has 2 unspecified atom stereocenters. The van der Waals surface area contributed by atoms with E-state index < -0.39 is 6.09 Å². The average molecular weight is 349 g/mol. The van der Waals surface area contributed by atoms with Crippen LogP contribution in [-0.2, 0) is 6.54 Å². The van der Waals surface area contributed by atoms with Crippen LogP contribution in [-0.4, -0.2) is 36.3 Å². The Morgan fingerprint density at radius 3 is 2.96 bits per heavy atom. The Hall–Kier alpha value is -3.42. The van der Waals surface area contributed by atoms with Crippen LogP contribution >= 0.6 is 0 Å². The van der Waals surface area contributed by atoms with Gasteiger partial charge in [-0.1, -0.05) is 24.3 Å². The number of Topliss-reactive ketones (excluding diaryl/α,β-unsaturated/α-hetero) is 1. The first-order valence-electron chi connectivity index (χ1n) is 8.36. The zero-order chi connectivity index (χ0) is 17.8. The molecule has 8 heteroatoms. The lowest BCUT2D eigenvalue weighted by atomic mass is 9.84. The molecule has 4 heterocycles. The Labute approximate surface area is 148 Å². The number of rotatable bonds is 2. The minimum Gasteiger partial charge on any atom is -0.465 e. The number of fused-ring (bicyclic) bond motifs is 4. The van der Waals surface area contributed by atoms with Gasteiger partial charge in [-0.05, 0) is 12.0 Å². The molecule has 0 bridgehead atoms. The van der Waals surface area contributed by atoms with Gasteiger partial charge in [0.25, 0.3) is 0 Å². The highest BCUT2D eigenvalue weighted by molar-refractivity contribution is 5.99. The number of nitrogens with one attached hydrogen (secondary N) is 1. The van der Waals surface area contributed by atoms with Crippen molar-refractivity contribution in [1.82, 2.24) is 19.3 Å². The summed E-state index contributed by atoms with van der Waals surface area (Å²) in [6.45, 7) is 0.565. The minimum absolute atomic E-state index is 0.0245. The fraction of sp³-hybridized carbons (Fsp3) is 0.222. The second kappa shape index (κ2) is 5.29. The van der Waals surface area contributed by atoms with Crippen molar-refractivity contribution < 1.29 is 14.7 Å². The molecule has 0 radical (unpaired) electrons. The summed E-state index contributed by atoms with van der Waals surface area (Å²) in [4.78, 5) is 28.3. The first kappa shape index (κ1) is 14.9. The number of imidazole rings is 1. The van der Waals surface area contributed by atoms with Crippen LogP contribution in [0.4, 0.5) is 10.6 Å². The number of nitrogens with zero attached hydrogens (tertiary/aromatic N) is 4. The van der Waals surface area contributed by atoms with Crippen LogP contribution in [0.3, 0.4) is 0 Å². The molecule has 2 aliphatic heterocycles. The van der Waals surface area contributed by atoms with Crippen molar-refractivity contribution in [3.63, 3.8) is 0 Å². The smallest absolute Gasteiger partial charge is 0.410 e. The number of aromatic nitrogens is 4. The molecule has 2 aromatic heterocycles. The van der Waals surface area contributed by atoms with Crippen LogP contribution in [0.5, 0.6) is 0 Å². The van der Waals surface area contributed by atoms with Crippen LogP contribution in [0.1, 0.15) is 28.5 Å². The van der Waals surface area contributed by atoms with Gasteiger partial charge < -0.3 is 9.67 Å². The molecule has 0 spiro atoms. The molecule has 1 aromatic carbocycles. The number of amides is 1. The van der Waals surface area contributed by atoms with Gasteiger partial charge in [0.15, 0.2) is 11.6 Å². The largest absolute Gasteiger partial charge is 0.465 e. The van der Waals surface area contributed by atoms with Gasteiger partial charge in [-0.3, -0.25) is 14.8 Å². The van der Waals surface area contributed by atoms with E-state index in [2.05, 4.69) is 32.1 Å². The lowest BCUT2D eigenvalue weighted by molar-refractivity contribution is 0.0840. The molecule has 0 saturated carbocycles. The van der Waals surface area contributed by atoms with Gasteiger partial charge in [0.1, 0.15) is 5.69 Å². The van der Waals surface area contributed by atoms with Crippen LogP contribution in [0.25, 0.3) is 11.3 Å². The van der Waals surface area contributed by atoms with E-state index in [0.29, 0.717) is 18.7 Å². The maximum Gasteiger partial charge on any atom is 0.410 e. The number of aryl methyl sites for hydroxylation is 1. The summed E-state index contributed by atoms with van der Waals surface area (Å²) in [5.41, 5.74) is 3.69. The van der Waals surface area contributed by atoms with Crippen LogP contribution < -0.4 is 5.32 Å². The Bertz CT molecular complexity index is 1050. The lowest BCUT2D eigenvalue weighted by Gasteiger charge is -2.28. The van der Waals surface area contributed by atoms with Gasteiger partial charge in [0.05, 0.1) is 30.2 Å². The minimum atomic E-state index is -1.20. The quantitative estimate of drug-likeness (QED) is 0.740. The second-order valence-electron chi connectivity index (χ2n) is 6.55. The highest BCUT2D eigenvalue weighted by Gasteiger charge is 2.41. The summed E-state index contributed by atoms with van der Waals surface area (Å²) < 4.78 is 3.65. The molecule has 8 nitrogen and oxygen atoms in total. The SMILES string of the molecule is O=C(O)Nc1cc2n(n1)CCC(C1c3ccccc3-c3cncn31)C2=O. The summed E-state index contributed by atoms with van der Waals surface area (Å²) >= 11 is 0. The Balaban J connectivity index is 1.55. The van der Waals surface area contributed by atoms with E-state index in [1.54, 1.807) is 11.0 Å². The molecular formula is C18H15N5O3. The summed E-state index contributed by atoms with van der Waals surface area (Å²) in [5.74, 6) is -0.0892. The predicted molar refractivity (Wildman–Crippen MR) is 92.1 cm³/mol. The van der Waals surface area contributed by atoms with E-state index in [1.807, 2.05) is 18.3 Å². The standard InChI is InChI=1S/C18H15N5O3/c24-17-12(5-6-23-13(17)7-15(21-23)20-18(25)26)16-11-4-2-1-3-10(11)14-8-19-9-22(14)16/h1-4,7-9,12,16H,5-6H2,(H,20,21)(H,25,26). The molecule has 2 aliphatic rings. The van der Waals surface area contributed by atoms with Crippen LogP contribution in [0.2, 0.25) is 0 Å². The first-order chi connectivity index (χ1) is 12.6. The highest BCUT2D eigenvalue weighted by Crippen LogP contribution is 2.45. The molecule has 130 valence electrons. The number of hydrogen-bond acceptors (Lipinski definition) is 4. The molecule has 0 aliphatic carbocycles. The van der Waals surface area contributed by atoms with Crippen molar-refractivity contribution in [2.45, 2.75) is 19.0 Å². The molecule has 2 N–H and O–H groups in total. The van der Waals surface area contributed by atoms with Gasteiger partial charge in [-0.25, -0.2) is 9.78 Å². The molecule has 5 rings (SSSR count). The normalized spacial score (nSPS) is 20.4. The van der Waals surface area contributed by atoms with E-state index in [-0.39, 0.29) is 23.6 Å². The monoisotopic (exact) mass is 349 g/mol. The molecule has 1 amide bonds. The fourth-order valence-corrected chi connectivity index (χ4v) is 4.12.